The molecule has 2 N–H and O–H groups in total. The maximum atomic E-state index is 12.9. The Morgan fingerprint density at radius 3 is 2.53 bits per heavy atom. The van der Waals surface area contributed by atoms with Gasteiger partial charge in [-0.15, -0.1) is 0 Å². The molecule has 30 heavy (non-hydrogen) atoms. The fraction of sp³-hybridized carbons (Fsp3) is 0.478. The van der Waals surface area contributed by atoms with Crippen LogP contribution in [0.2, 0.25) is 0 Å². The van der Waals surface area contributed by atoms with Gasteiger partial charge in [0.15, 0.2) is 0 Å². The first-order valence-electron chi connectivity index (χ1n) is 10.7. The third kappa shape index (κ3) is 5.67. The average molecular weight is 429 g/mol. The van der Waals surface area contributed by atoms with Crippen LogP contribution in [0.5, 0.6) is 0 Å². The number of hydrogen-bond donors (Lipinski definition) is 2. The number of nitrogens with zero attached hydrogens (tertiary/aromatic N) is 2. The van der Waals surface area contributed by atoms with Crippen molar-refractivity contribution >= 4 is 21.1 Å². The number of fused-ring (bicyclic) bond motifs is 1. The molecule has 6 nitrogen and oxygen atoms in total. The Morgan fingerprint density at radius 1 is 1.13 bits per heavy atom. The van der Waals surface area contributed by atoms with Crippen LogP contribution in [0, 0.1) is 12.8 Å². The number of H-pyrrole nitrogens is 1. The summed E-state index contributed by atoms with van der Waals surface area (Å²) in [5.74, 6) is 1.30. The molecule has 0 aliphatic heterocycles. The van der Waals surface area contributed by atoms with Gasteiger partial charge in [-0.3, -0.25) is 4.98 Å². The monoisotopic (exact) mass is 428 g/mol. The number of aryl methyl sites for hydroxylation is 1. The summed E-state index contributed by atoms with van der Waals surface area (Å²) < 4.78 is 28.7. The maximum Gasteiger partial charge on any atom is 0.240 e. The molecule has 2 aromatic heterocycles. The van der Waals surface area contributed by atoms with Crippen LogP contribution in [0.4, 0.5) is 0 Å². The molecule has 0 aliphatic carbocycles. The highest BCUT2D eigenvalue weighted by molar-refractivity contribution is 7.89. The maximum absolute atomic E-state index is 12.9. The van der Waals surface area contributed by atoms with Crippen molar-refractivity contribution in [2.75, 3.05) is 0 Å². The van der Waals surface area contributed by atoms with Crippen LogP contribution < -0.4 is 4.72 Å². The number of imidazole rings is 1. The summed E-state index contributed by atoms with van der Waals surface area (Å²) in [6, 6.07) is 8.95. The van der Waals surface area contributed by atoms with E-state index in [-0.39, 0.29) is 6.04 Å². The Bertz CT molecular complexity index is 1070. The van der Waals surface area contributed by atoms with Gasteiger partial charge in [0, 0.05) is 18.7 Å². The molecular formula is C23H32N4O2S. The molecule has 3 aromatic rings. The normalized spacial score (nSPS) is 13.2. The van der Waals surface area contributed by atoms with Crippen LogP contribution in [0.25, 0.3) is 11.0 Å². The van der Waals surface area contributed by atoms with Gasteiger partial charge >= 0.3 is 0 Å². The Morgan fingerprint density at radius 2 is 1.87 bits per heavy atom. The van der Waals surface area contributed by atoms with Crippen molar-refractivity contribution in [3.8, 4) is 0 Å². The number of hydrogen-bond acceptors (Lipinski definition) is 4. The number of pyridine rings is 1. The molecule has 0 saturated carbocycles. The Kier molecular flexibility index (Phi) is 7.26. The lowest BCUT2D eigenvalue weighted by Gasteiger charge is -2.20. The molecule has 1 unspecified atom stereocenters. The third-order valence-corrected chi connectivity index (χ3v) is 6.73. The van der Waals surface area contributed by atoms with E-state index < -0.39 is 10.0 Å². The first-order chi connectivity index (χ1) is 14.3. The van der Waals surface area contributed by atoms with Crippen molar-refractivity contribution in [2.24, 2.45) is 5.92 Å². The van der Waals surface area contributed by atoms with Crippen molar-refractivity contribution in [3.05, 3.63) is 53.6 Å². The standard InChI is InChI=1S/C23H32N4O2S/c1-5-6-7-19(14-16(2)3)27-30(28,29)20-10-8-18(9-11-20)15-22-23-21(12-13-24-22)25-17(4)26-23/h8-13,16,19,27H,5-7,14-15H2,1-4H3,(H,25,26). The fourth-order valence-electron chi connectivity index (χ4n) is 3.76. The first-order valence-corrected chi connectivity index (χ1v) is 12.2. The van der Waals surface area contributed by atoms with E-state index in [1.807, 2.05) is 25.1 Å². The molecule has 0 amide bonds. The lowest BCUT2D eigenvalue weighted by atomic mass is 10.0. The summed E-state index contributed by atoms with van der Waals surface area (Å²) in [7, 11) is -3.54. The van der Waals surface area contributed by atoms with E-state index >= 15 is 0 Å². The summed E-state index contributed by atoms with van der Waals surface area (Å²) in [5.41, 5.74) is 3.73. The van der Waals surface area contributed by atoms with E-state index in [1.54, 1.807) is 18.3 Å². The highest BCUT2D eigenvalue weighted by atomic mass is 32.2. The molecule has 1 aromatic carbocycles. The molecule has 0 radical (unpaired) electrons. The van der Waals surface area contributed by atoms with Crippen LogP contribution in [0.1, 0.15) is 63.5 Å². The third-order valence-electron chi connectivity index (χ3n) is 5.19. The van der Waals surface area contributed by atoms with Crippen LogP contribution in [-0.2, 0) is 16.4 Å². The summed E-state index contributed by atoms with van der Waals surface area (Å²) in [6.45, 7) is 8.29. The van der Waals surface area contributed by atoms with Gasteiger partial charge in [0.05, 0.1) is 21.6 Å². The highest BCUT2D eigenvalue weighted by Crippen LogP contribution is 2.20. The number of sulfonamides is 1. The lowest BCUT2D eigenvalue weighted by molar-refractivity contribution is 0.429. The van der Waals surface area contributed by atoms with Crippen molar-refractivity contribution in [1.82, 2.24) is 19.7 Å². The Balaban J connectivity index is 1.74. The van der Waals surface area contributed by atoms with Gasteiger partial charge in [0.25, 0.3) is 0 Å². The molecule has 0 saturated heterocycles. The lowest BCUT2D eigenvalue weighted by Crippen LogP contribution is -2.35. The Labute approximate surface area is 179 Å². The second kappa shape index (κ2) is 9.71. The predicted molar refractivity (Wildman–Crippen MR) is 121 cm³/mol. The zero-order chi connectivity index (χ0) is 21.7. The van der Waals surface area contributed by atoms with E-state index in [9.17, 15) is 8.42 Å². The van der Waals surface area contributed by atoms with Crippen molar-refractivity contribution < 1.29 is 8.42 Å². The van der Waals surface area contributed by atoms with E-state index in [2.05, 4.69) is 40.4 Å². The SMILES string of the molecule is CCCCC(CC(C)C)NS(=O)(=O)c1ccc(Cc2nccc3nc(C)[nH]c23)cc1. The van der Waals surface area contributed by atoms with Gasteiger partial charge in [-0.2, -0.15) is 0 Å². The fourth-order valence-corrected chi connectivity index (χ4v) is 5.04. The molecule has 0 bridgehead atoms. The van der Waals surface area contributed by atoms with Crippen molar-refractivity contribution in [1.29, 1.82) is 0 Å². The molecule has 3 rings (SSSR count). The molecule has 7 heteroatoms. The van der Waals surface area contributed by atoms with Crippen LogP contribution in [0.3, 0.4) is 0 Å². The number of unbranched alkanes of at least 4 members (excludes halogenated alkanes) is 1. The molecule has 0 aliphatic rings. The molecule has 162 valence electrons. The van der Waals surface area contributed by atoms with E-state index in [1.165, 1.54) is 0 Å². The zero-order valence-electron chi connectivity index (χ0n) is 18.3. The summed E-state index contributed by atoms with van der Waals surface area (Å²) in [5, 5.41) is 0. The smallest absolute Gasteiger partial charge is 0.240 e. The second-order valence-corrected chi connectivity index (χ2v) is 10.1. The molecular weight excluding hydrogens is 396 g/mol. The topological polar surface area (TPSA) is 87.7 Å². The minimum Gasteiger partial charge on any atom is -0.341 e. The Hall–Kier alpha value is -2.25. The molecule has 0 spiro atoms. The van der Waals surface area contributed by atoms with Crippen LogP contribution in [-0.4, -0.2) is 29.4 Å². The summed E-state index contributed by atoms with van der Waals surface area (Å²) in [6.07, 6.45) is 6.15. The van der Waals surface area contributed by atoms with Gasteiger partial charge in [-0.05, 0) is 49.4 Å². The highest BCUT2D eigenvalue weighted by Gasteiger charge is 2.20. The number of nitrogens with one attached hydrogen (secondary N) is 2. The molecule has 1 atom stereocenters. The van der Waals surface area contributed by atoms with Gasteiger partial charge in [-0.25, -0.2) is 18.1 Å². The molecule has 0 fully saturated rings. The predicted octanol–water partition coefficient (Wildman–Crippen LogP) is 4.74. The number of aromatic amines is 1. The first kappa shape index (κ1) is 22.4. The number of aromatic nitrogens is 3. The van der Waals surface area contributed by atoms with E-state index in [4.69, 9.17) is 0 Å². The van der Waals surface area contributed by atoms with Gasteiger partial charge in [-0.1, -0.05) is 45.7 Å². The number of rotatable bonds is 10. The number of benzene rings is 1. The van der Waals surface area contributed by atoms with Crippen LogP contribution in [0.15, 0.2) is 41.4 Å². The summed E-state index contributed by atoms with van der Waals surface area (Å²) in [4.78, 5) is 12.5. The largest absolute Gasteiger partial charge is 0.341 e. The van der Waals surface area contributed by atoms with Gasteiger partial charge in [0.1, 0.15) is 5.82 Å². The van der Waals surface area contributed by atoms with Crippen molar-refractivity contribution in [3.63, 3.8) is 0 Å². The summed E-state index contributed by atoms with van der Waals surface area (Å²) >= 11 is 0. The average Bonchev–Trinajstić information content (AvgIpc) is 3.07. The van der Waals surface area contributed by atoms with Gasteiger partial charge in [0.2, 0.25) is 10.0 Å². The molecule has 2 heterocycles. The minimum absolute atomic E-state index is 0.0277. The second-order valence-electron chi connectivity index (χ2n) is 8.38. The zero-order valence-corrected chi connectivity index (χ0v) is 19.1. The van der Waals surface area contributed by atoms with Crippen molar-refractivity contribution in [2.45, 2.75) is 70.7 Å². The van der Waals surface area contributed by atoms with Crippen LogP contribution >= 0.6 is 0 Å². The van der Waals surface area contributed by atoms with Gasteiger partial charge < -0.3 is 4.98 Å². The quantitative estimate of drug-likeness (QED) is 0.488. The van der Waals surface area contributed by atoms with E-state index in [0.717, 1.165) is 53.8 Å². The van der Waals surface area contributed by atoms with E-state index in [0.29, 0.717) is 17.2 Å². The minimum atomic E-state index is -3.54.